The van der Waals surface area contributed by atoms with E-state index in [4.69, 9.17) is 16.3 Å². The average Bonchev–Trinajstić information content (AvgIpc) is 2.54. The monoisotopic (exact) mass is 322 g/mol. The molecule has 0 bridgehead atoms. The Hall–Kier alpha value is -2.27. The summed E-state index contributed by atoms with van der Waals surface area (Å²) in [6.45, 7) is 0.875. The van der Waals surface area contributed by atoms with Crippen LogP contribution in [0.3, 0.4) is 0 Å². The number of nitrogens with one attached hydrogen (secondary N) is 2. The lowest BCUT2D eigenvalue weighted by molar-refractivity contribution is 0.0963. The van der Waals surface area contributed by atoms with Gasteiger partial charge in [-0.1, -0.05) is 11.6 Å². The molecule has 0 saturated carbocycles. The Balaban J connectivity index is 1.88. The first-order valence-electron chi connectivity index (χ1n) is 6.74. The molecule has 6 heteroatoms. The van der Waals surface area contributed by atoms with Crippen LogP contribution >= 0.6 is 11.6 Å². The molecule has 0 aromatic heterocycles. The largest absolute Gasteiger partial charge is 0.492 e. The number of halogens is 2. The molecule has 0 aliphatic rings. The first-order valence-corrected chi connectivity index (χ1v) is 7.12. The summed E-state index contributed by atoms with van der Waals surface area (Å²) in [6, 6.07) is 10.8. The molecule has 2 aromatic carbocycles. The van der Waals surface area contributed by atoms with Crippen LogP contribution in [0.2, 0.25) is 5.02 Å². The molecule has 2 rings (SSSR count). The molecule has 0 radical (unpaired) electrons. The van der Waals surface area contributed by atoms with Crippen LogP contribution in [-0.2, 0) is 0 Å². The lowest BCUT2D eigenvalue weighted by atomic mass is 10.2. The summed E-state index contributed by atoms with van der Waals surface area (Å²) in [5.74, 6) is 0.110. The maximum atomic E-state index is 12.8. The summed E-state index contributed by atoms with van der Waals surface area (Å²) in [6.07, 6.45) is 0. The number of benzene rings is 2. The molecular weight excluding hydrogens is 307 g/mol. The van der Waals surface area contributed by atoms with Crippen molar-refractivity contribution in [3.05, 3.63) is 58.9 Å². The van der Waals surface area contributed by atoms with Gasteiger partial charge in [0.05, 0.1) is 10.7 Å². The van der Waals surface area contributed by atoms with Crippen molar-refractivity contribution < 1.29 is 13.9 Å². The topological polar surface area (TPSA) is 50.4 Å². The van der Waals surface area contributed by atoms with Crippen molar-refractivity contribution in [2.45, 2.75) is 0 Å². The third kappa shape index (κ3) is 4.36. The first-order chi connectivity index (χ1) is 10.6. The van der Waals surface area contributed by atoms with Crippen LogP contribution in [0.5, 0.6) is 5.75 Å². The van der Waals surface area contributed by atoms with Gasteiger partial charge in [0.15, 0.2) is 0 Å². The normalized spacial score (nSPS) is 10.1. The Bertz CT molecular complexity index is 647. The molecule has 1 amide bonds. The van der Waals surface area contributed by atoms with Crippen LogP contribution in [0.15, 0.2) is 42.5 Å². The highest BCUT2D eigenvalue weighted by Gasteiger charge is 2.07. The van der Waals surface area contributed by atoms with E-state index in [9.17, 15) is 9.18 Å². The Morgan fingerprint density at radius 1 is 1.23 bits per heavy atom. The summed E-state index contributed by atoms with van der Waals surface area (Å²) in [5.41, 5.74) is 1.18. The zero-order chi connectivity index (χ0) is 15.9. The lowest BCUT2D eigenvalue weighted by Crippen LogP contribution is -2.18. The van der Waals surface area contributed by atoms with Crippen molar-refractivity contribution >= 4 is 23.2 Å². The summed E-state index contributed by atoms with van der Waals surface area (Å²) in [5, 5.41) is 6.18. The summed E-state index contributed by atoms with van der Waals surface area (Å²) in [4.78, 5) is 11.6. The SMILES string of the molecule is CNC(=O)c1ccc(Cl)c(NCCOc2ccc(F)cc2)c1. The van der Waals surface area contributed by atoms with Crippen molar-refractivity contribution in [1.82, 2.24) is 5.32 Å². The van der Waals surface area contributed by atoms with Gasteiger partial charge in [0.25, 0.3) is 5.91 Å². The molecule has 0 saturated heterocycles. The standard InChI is InChI=1S/C16H16ClFN2O2/c1-19-16(21)11-2-7-14(17)15(10-11)20-8-9-22-13-5-3-12(18)4-6-13/h2-7,10,20H,8-9H2,1H3,(H,19,21). The van der Waals surface area contributed by atoms with E-state index in [1.54, 1.807) is 37.4 Å². The molecule has 0 fully saturated rings. The van der Waals surface area contributed by atoms with Gasteiger partial charge in [-0.25, -0.2) is 4.39 Å². The van der Waals surface area contributed by atoms with Gasteiger partial charge in [-0.3, -0.25) is 4.79 Å². The molecule has 0 heterocycles. The van der Waals surface area contributed by atoms with Gasteiger partial charge >= 0.3 is 0 Å². The molecule has 2 aromatic rings. The van der Waals surface area contributed by atoms with Crippen LogP contribution < -0.4 is 15.4 Å². The Labute approximate surface area is 133 Å². The van der Waals surface area contributed by atoms with E-state index in [0.29, 0.717) is 35.2 Å². The fourth-order valence-electron chi connectivity index (χ4n) is 1.83. The lowest BCUT2D eigenvalue weighted by Gasteiger charge is -2.11. The van der Waals surface area contributed by atoms with Crippen LogP contribution in [0.1, 0.15) is 10.4 Å². The van der Waals surface area contributed by atoms with Crippen molar-refractivity contribution in [2.75, 3.05) is 25.5 Å². The summed E-state index contributed by atoms with van der Waals surface area (Å²) >= 11 is 6.08. The van der Waals surface area contributed by atoms with Crippen molar-refractivity contribution in [3.8, 4) is 5.75 Å². The number of ether oxygens (including phenoxy) is 1. The molecular formula is C16H16ClFN2O2. The van der Waals surface area contributed by atoms with E-state index in [2.05, 4.69) is 10.6 Å². The molecule has 0 atom stereocenters. The zero-order valence-electron chi connectivity index (χ0n) is 12.0. The number of anilines is 1. The second-order valence-corrected chi connectivity index (χ2v) is 4.91. The molecule has 0 aliphatic carbocycles. The molecule has 2 N–H and O–H groups in total. The van der Waals surface area contributed by atoms with Gasteiger partial charge < -0.3 is 15.4 Å². The van der Waals surface area contributed by atoms with E-state index in [0.717, 1.165) is 0 Å². The first kappa shape index (κ1) is 16.1. The van der Waals surface area contributed by atoms with Crippen molar-refractivity contribution in [1.29, 1.82) is 0 Å². The van der Waals surface area contributed by atoms with Crippen LogP contribution in [-0.4, -0.2) is 26.1 Å². The smallest absolute Gasteiger partial charge is 0.251 e. The highest BCUT2D eigenvalue weighted by atomic mass is 35.5. The Morgan fingerprint density at radius 3 is 2.64 bits per heavy atom. The number of carbonyl (C=O) groups is 1. The third-order valence-corrected chi connectivity index (χ3v) is 3.29. The van der Waals surface area contributed by atoms with E-state index in [1.165, 1.54) is 12.1 Å². The van der Waals surface area contributed by atoms with Crippen LogP contribution in [0.25, 0.3) is 0 Å². The van der Waals surface area contributed by atoms with Gasteiger partial charge in [-0.15, -0.1) is 0 Å². The number of rotatable bonds is 6. The van der Waals surface area contributed by atoms with Crippen molar-refractivity contribution in [3.63, 3.8) is 0 Å². The molecule has 0 aliphatic heterocycles. The quantitative estimate of drug-likeness (QED) is 0.802. The second-order valence-electron chi connectivity index (χ2n) is 4.50. The number of hydrogen-bond donors (Lipinski definition) is 2. The highest BCUT2D eigenvalue weighted by molar-refractivity contribution is 6.33. The van der Waals surface area contributed by atoms with E-state index < -0.39 is 0 Å². The van der Waals surface area contributed by atoms with Crippen LogP contribution in [0, 0.1) is 5.82 Å². The van der Waals surface area contributed by atoms with Crippen LogP contribution in [0.4, 0.5) is 10.1 Å². The molecule has 116 valence electrons. The van der Waals surface area contributed by atoms with Gasteiger partial charge in [0, 0.05) is 19.2 Å². The van der Waals surface area contributed by atoms with Gasteiger partial charge in [-0.2, -0.15) is 0 Å². The van der Waals surface area contributed by atoms with E-state index in [-0.39, 0.29) is 11.7 Å². The fourth-order valence-corrected chi connectivity index (χ4v) is 2.02. The number of amides is 1. The van der Waals surface area contributed by atoms with Gasteiger partial charge in [0.1, 0.15) is 18.2 Å². The Kier molecular flexibility index (Phi) is 5.61. The maximum Gasteiger partial charge on any atom is 0.251 e. The summed E-state index contributed by atoms with van der Waals surface area (Å²) in [7, 11) is 1.57. The minimum atomic E-state index is -0.303. The molecule has 4 nitrogen and oxygen atoms in total. The van der Waals surface area contributed by atoms with Crippen molar-refractivity contribution in [2.24, 2.45) is 0 Å². The minimum absolute atomic E-state index is 0.178. The Morgan fingerprint density at radius 2 is 1.95 bits per heavy atom. The molecule has 0 spiro atoms. The molecule has 0 unspecified atom stereocenters. The number of carbonyl (C=O) groups excluding carboxylic acids is 1. The van der Waals surface area contributed by atoms with E-state index >= 15 is 0 Å². The van der Waals surface area contributed by atoms with E-state index in [1.807, 2.05) is 0 Å². The maximum absolute atomic E-state index is 12.8. The summed E-state index contributed by atoms with van der Waals surface area (Å²) < 4.78 is 18.2. The predicted molar refractivity (Wildman–Crippen MR) is 85.2 cm³/mol. The molecule has 22 heavy (non-hydrogen) atoms. The fraction of sp³-hybridized carbons (Fsp3) is 0.188. The second kappa shape index (κ2) is 7.66. The predicted octanol–water partition coefficient (Wildman–Crippen LogP) is 3.33. The highest BCUT2D eigenvalue weighted by Crippen LogP contribution is 2.23. The zero-order valence-corrected chi connectivity index (χ0v) is 12.8. The average molecular weight is 323 g/mol. The third-order valence-electron chi connectivity index (χ3n) is 2.96. The minimum Gasteiger partial charge on any atom is -0.492 e. The number of hydrogen-bond acceptors (Lipinski definition) is 3. The van der Waals surface area contributed by atoms with Gasteiger partial charge in [-0.05, 0) is 42.5 Å². The van der Waals surface area contributed by atoms with Gasteiger partial charge in [0.2, 0.25) is 0 Å².